The zero-order valence-corrected chi connectivity index (χ0v) is 11.9. The molecule has 0 spiro atoms. The molecule has 6 heteroatoms. The van der Waals surface area contributed by atoms with E-state index in [-0.39, 0.29) is 18.1 Å². The first-order valence-electron chi connectivity index (χ1n) is 5.99. The fraction of sp³-hybridized carbons (Fsp3) is 0.462. The first kappa shape index (κ1) is 15.5. The van der Waals surface area contributed by atoms with Crippen LogP contribution in [-0.4, -0.2) is 39.9 Å². The number of hydrogen-bond acceptors (Lipinski definition) is 5. The highest BCUT2D eigenvalue weighted by Crippen LogP contribution is 2.29. The number of rotatable bonds is 8. The van der Waals surface area contributed by atoms with E-state index >= 15 is 0 Å². The number of sulfone groups is 1. The first-order chi connectivity index (χ1) is 9.04. The molecule has 0 aliphatic rings. The minimum Gasteiger partial charge on any atom is -0.493 e. The van der Waals surface area contributed by atoms with Gasteiger partial charge in [0.15, 0.2) is 17.8 Å². The molecular formula is C13H18O5S. The number of ether oxygens (including phenoxy) is 2. The second-order valence-corrected chi connectivity index (χ2v) is 6.41. The fourth-order valence-corrected chi connectivity index (χ4v) is 2.38. The van der Waals surface area contributed by atoms with Gasteiger partial charge in [-0.3, -0.25) is 4.79 Å². The fourth-order valence-electron chi connectivity index (χ4n) is 1.54. The van der Waals surface area contributed by atoms with Gasteiger partial charge >= 0.3 is 0 Å². The minimum absolute atomic E-state index is 0.0784. The summed E-state index contributed by atoms with van der Waals surface area (Å²) >= 11 is 0. The molecule has 0 N–H and O–H groups in total. The molecule has 0 saturated carbocycles. The largest absolute Gasteiger partial charge is 0.493 e. The topological polar surface area (TPSA) is 69.7 Å². The molecule has 0 fully saturated rings. The van der Waals surface area contributed by atoms with E-state index in [1.807, 2.05) is 0 Å². The van der Waals surface area contributed by atoms with Crippen LogP contribution in [-0.2, 0) is 9.84 Å². The summed E-state index contributed by atoms with van der Waals surface area (Å²) in [5, 5.41) is 0. The van der Waals surface area contributed by atoms with Crippen LogP contribution in [0.2, 0.25) is 0 Å². The average Bonchev–Trinajstić information content (AvgIpc) is 2.43. The van der Waals surface area contributed by atoms with E-state index in [2.05, 4.69) is 0 Å². The summed E-state index contributed by atoms with van der Waals surface area (Å²) in [7, 11) is -1.50. The van der Waals surface area contributed by atoms with Crippen molar-refractivity contribution in [3.05, 3.63) is 23.8 Å². The Balaban J connectivity index is 2.65. The van der Waals surface area contributed by atoms with Crippen molar-refractivity contribution in [2.45, 2.75) is 13.3 Å². The highest BCUT2D eigenvalue weighted by Gasteiger charge is 2.11. The van der Waals surface area contributed by atoms with Crippen molar-refractivity contribution in [1.29, 1.82) is 0 Å². The van der Waals surface area contributed by atoms with E-state index in [0.717, 1.165) is 0 Å². The summed E-state index contributed by atoms with van der Waals surface area (Å²) in [6.45, 7) is 1.83. The monoisotopic (exact) mass is 286 g/mol. The number of carbonyl (C=O) groups is 1. The Kier molecular flexibility index (Phi) is 5.82. The maximum absolute atomic E-state index is 11.3. The number of carbonyl (C=O) groups excluding carboxylic acids is 1. The van der Waals surface area contributed by atoms with Gasteiger partial charge in [0.25, 0.3) is 0 Å². The molecule has 1 aromatic carbocycles. The number of hydrogen-bond donors (Lipinski definition) is 0. The summed E-state index contributed by atoms with van der Waals surface area (Å²) in [6.07, 6.45) is 1.06. The molecule has 5 nitrogen and oxygen atoms in total. The molecule has 0 unspecified atom stereocenters. The molecular weight excluding hydrogens is 268 g/mol. The van der Waals surface area contributed by atoms with Gasteiger partial charge in [0, 0.05) is 5.75 Å². The molecule has 1 aromatic rings. The Labute approximate surface area is 113 Å². The molecule has 106 valence electrons. The van der Waals surface area contributed by atoms with E-state index in [9.17, 15) is 13.2 Å². The second kappa shape index (κ2) is 7.13. The molecule has 0 saturated heterocycles. The van der Waals surface area contributed by atoms with Crippen LogP contribution in [0.5, 0.6) is 11.5 Å². The molecule has 0 bridgehead atoms. The van der Waals surface area contributed by atoms with Crippen molar-refractivity contribution in [1.82, 2.24) is 0 Å². The van der Waals surface area contributed by atoms with Crippen LogP contribution in [0.3, 0.4) is 0 Å². The molecule has 0 aliphatic heterocycles. The lowest BCUT2D eigenvalue weighted by Crippen LogP contribution is -2.12. The third-order valence-electron chi connectivity index (χ3n) is 2.64. The maximum atomic E-state index is 11.3. The standard InChI is InChI=1S/C13H18O5S/c1-3-19(15,16)9-5-8-18-13-11(10-14)6-4-7-12(13)17-2/h4,6-7,10H,3,5,8-9H2,1-2H3. The average molecular weight is 286 g/mol. The zero-order valence-electron chi connectivity index (χ0n) is 11.1. The van der Waals surface area contributed by atoms with E-state index in [1.54, 1.807) is 25.1 Å². The first-order valence-corrected chi connectivity index (χ1v) is 7.81. The predicted octanol–water partition coefficient (Wildman–Crippen LogP) is 1.71. The van der Waals surface area contributed by atoms with Crippen molar-refractivity contribution < 1.29 is 22.7 Å². The second-order valence-electron chi connectivity index (χ2n) is 3.93. The van der Waals surface area contributed by atoms with Gasteiger partial charge < -0.3 is 9.47 Å². The van der Waals surface area contributed by atoms with Gasteiger partial charge in [0.1, 0.15) is 9.84 Å². The van der Waals surface area contributed by atoms with E-state index in [4.69, 9.17) is 9.47 Å². The lowest BCUT2D eigenvalue weighted by Gasteiger charge is -2.12. The van der Waals surface area contributed by atoms with Crippen LogP contribution in [0.15, 0.2) is 18.2 Å². The van der Waals surface area contributed by atoms with Gasteiger partial charge in [-0.05, 0) is 18.6 Å². The minimum atomic E-state index is -2.99. The van der Waals surface area contributed by atoms with Gasteiger partial charge in [0.05, 0.1) is 25.0 Å². The van der Waals surface area contributed by atoms with Gasteiger partial charge in [-0.1, -0.05) is 13.0 Å². The maximum Gasteiger partial charge on any atom is 0.171 e. The summed E-state index contributed by atoms with van der Waals surface area (Å²) in [4.78, 5) is 10.9. The van der Waals surface area contributed by atoms with Gasteiger partial charge in [-0.25, -0.2) is 8.42 Å². The third-order valence-corrected chi connectivity index (χ3v) is 4.43. The quantitative estimate of drug-likeness (QED) is 0.537. The van der Waals surface area contributed by atoms with Crippen LogP contribution in [0.25, 0.3) is 0 Å². The number of methoxy groups -OCH3 is 1. The number of benzene rings is 1. The molecule has 1 rings (SSSR count). The summed E-state index contributed by atoms with van der Waals surface area (Å²) in [5.41, 5.74) is 0.387. The summed E-state index contributed by atoms with van der Waals surface area (Å²) in [6, 6.07) is 5.00. The van der Waals surface area contributed by atoms with Crippen LogP contribution in [0, 0.1) is 0 Å². The van der Waals surface area contributed by atoms with Crippen molar-refractivity contribution in [3.8, 4) is 11.5 Å². The molecule has 0 atom stereocenters. The number of para-hydroxylation sites is 1. The van der Waals surface area contributed by atoms with Crippen LogP contribution in [0.4, 0.5) is 0 Å². The van der Waals surface area contributed by atoms with E-state index in [1.165, 1.54) is 7.11 Å². The Hall–Kier alpha value is -1.56. The Bertz CT molecular complexity index is 522. The Morgan fingerprint density at radius 2 is 2.05 bits per heavy atom. The molecule has 0 amide bonds. The van der Waals surface area contributed by atoms with Crippen LogP contribution >= 0.6 is 0 Å². The van der Waals surface area contributed by atoms with Gasteiger partial charge in [-0.15, -0.1) is 0 Å². The van der Waals surface area contributed by atoms with Crippen molar-refractivity contribution in [3.63, 3.8) is 0 Å². The highest BCUT2D eigenvalue weighted by molar-refractivity contribution is 7.91. The molecule has 0 aliphatic carbocycles. The zero-order chi connectivity index (χ0) is 14.3. The van der Waals surface area contributed by atoms with Crippen molar-refractivity contribution in [2.24, 2.45) is 0 Å². The summed E-state index contributed by atoms with van der Waals surface area (Å²) in [5.74, 6) is 1.02. The predicted molar refractivity (Wildman–Crippen MR) is 72.8 cm³/mol. The lowest BCUT2D eigenvalue weighted by molar-refractivity contribution is 0.111. The molecule has 0 aromatic heterocycles. The molecule has 19 heavy (non-hydrogen) atoms. The Morgan fingerprint density at radius 3 is 2.63 bits per heavy atom. The third kappa shape index (κ3) is 4.55. The smallest absolute Gasteiger partial charge is 0.171 e. The molecule has 0 radical (unpaired) electrons. The molecule has 0 heterocycles. The van der Waals surface area contributed by atoms with E-state index < -0.39 is 9.84 Å². The summed E-state index contributed by atoms with van der Waals surface area (Å²) < 4.78 is 33.2. The normalized spacial score (nSPS) is 11.1. The Morgan fingerprint density at radius 1 is 1.32 bits per heavy atom. The van der Waals surface area contributed by atoms with E-state index in [0.29, 0.717) is 29.8 Å². The van der Waals surface area contributed by atoms with Gasteiger partial charge in [-0.2, -0.15) is 0 Å². The van der Waals surface area contributed by atoms with Crippen molar-refractivity contribution >= 4 is 16.1 Å². The van der Waals surface area contributed by atoms with Gasteiger partial charge in [0.2, 0.25) is 0 Å². The highest BCUT2D eigenvalue weighted by atomic mass is 32.2. The van der Waals surface area contributed by atoms with Crippen LogP contribution < -0.4 is 9.47 Å². The van der Waals surface area contributed by atoms with Crippen molar-refractivity contribution in [2.75, 3.05) is 25.2 Å². The van der Waals surface area contributed by atoms with Crippen LogP contribution in [0.1, 0.15) is 23.7 Å². The SMILES string of the molecule is CCS(=O)(=O)CCCOc1c(C=O)cccc1OC. The lowest BCUT2D eigenvalue weighted by atomic mass is 10.2. The number of aldehydes is 1.